The van der Waals surface area contributed by atoms with E-state index < -0.39 is 0 Å². The van der Waals surface area contributed by atoms with Gasteiger partial charge in [0, 0.05) is 17.4 Å². The molecule has 1 aliphatic heterocycles. The molecular weight excluding hydrogens is 204 g/mol. The van der Waals surface area contributed by atoms with E-state index in [9.17, 15) is 4.79 Å². The first-order valence-electron chi connectivity index (χ1n) is 6.23. The fraction of sp³-hybridized carbons (Fsp3) is 0.769. The van der Waals surface area contributed by atoms with Crippen molar-refractivity contribution in [3.05, 3.63) is 12.7 Å². The quantitative estimate of drug-likeness (QED) is 0.398. The van der Waals surface area contributed by atoms with Gasteiger partial charge in [-0.1, -0.05) is 6.58 Å². The van der Waals surface area contributed by atoms with Gasteiger partial charge in [0.25, 0.3) is 0 Å². The lowest BCUT2D eigenvalue weighted by atomic mass is 9.88. The van der Waals surface area contributed by atoms with Crippen molar-refractivity contribution in [2.45, 2.75) is 37.1 Å². The Balaban J connectivity index is 1.53. The minimum absolute atomic E-state index is 0.0929. The van der Waals surface area contributed by atoms with Crippen LogP contribution in [0.5, 0.6) is 0 Å². The van der Waals surface area contributed by atoms with Crippen LogP contribution in [0.15, 0.2) is 12.7 Å². The van der Waals surface area contributed by atoms with Crippen molar-refractivity contribution in [2.75, 3.05) is 0 Å². The SMILES string of the molecule is C=CC(=O)OC12CC13CC3C1C3O[C@H]3CC12. The number of hydrogen-bond acceptors (Lipinski definition) is 3. The van der Waals surface area contributed by atoms with Crippen molar-refractivity contribution >= 4 is 5.97 Å². The molecule has 5 rings (SSSR count). The Morgan fingerprint density at radius 1 is 1.50 bits per heavy atom. The number of epoxide rings is 1. The standard InChI is InChI=1S/C13H14O3/c1-2-9(14)16-13-5-12(13)4-7(12)10-6(13)3-8-11(10)15-8/h2,6-8,10-11H,1,3-5H2/t6?,7?,8-,10?,11?,12?,13?/m0/s1. The zero-order chi connectivity index (χ0) is 10.7. The van der Waals surface area contributed by atoms with Gasteiger partial charge in [-0.2, -0.15) is 0 Å². The summed E-state index contributed by atoms with van der Waals surface area (Å²) in [5, 5.41) is 0. The second kappa shape index (κ2) is 1.99. The molecule has 5 fully saturated rings. The van der Waals surface area contributed by atoms with Crippen LogP contribution < -0.4 is 0 Å². The van der Waals surface area contributed by atoms with E-state index in [0.717, 1.165) is 18.8 Å². The third-order valence-electron chi connectivity index (χ3n) is 5.89. The lowest BCUT2D eigenvalue weighted by Gasteiger charge is -2.26. The molecule has 1 saturated heterocycles. The largest absolute Gasteiger partial charge is 0.455 e. The summed E-state index contributed by atoms with van der Waals surface area (Å²) >= 11 is 0. The van der Waals surface area contributed by atoms with Gasteiger partial charge in [-0.15, -0.1) is 0 Å². The number of esters is 1. The molecule has 5 aliphatic rings. The van der Waals surface area contributed by atoms with Crippen LogP contribution in [0.2, 0.25) is 0 Å². The summed E-state index contributed by atoms with van der Waals surface area (Å²) in [5.74, 6) is 1.87. The Labute approximate surface area is 93.8 Å². The second-order valence-electron chi connectivity index (χ2n) is 6.22. The topological polar surface area (TPSA) is 38.8 Å². The van der Waals surface area contributed by atoms with E-state index in [1.807, 2.05) is 0 Å². The third kappa shape index (κ3) is 0.618. The molecule has 0 amide bonds. The number of carbonyl (C=O) groups excluding carboxylic acids is 1. The number of ether oxygens (including phenoxy) is 2. The maximum Gasteiger partial charge on any atom is 0.330 e. The molecule has 3 nitrogen and oxygen atoms in total. The van der Waals surface area contributed by atoms with Crippen molar-refractivity contribution in [1.29, 1.82) is 0 Å². The molecule has 4 aliphatic carbocycles. The van der Waals surface area contributed by atoms with Gasteiger partial charge < -0.3 is 9.47 Å². The monoisotopic (exact) mass is 218 g/mol. The molecule has 0 bridgehead atoms. The van der Waals surface area contributed by atoms with E-state index in [4.69, 9.17) is 9.47 Å². The highest BCUT2D eigenvalue weighted by Gasteiger charge is 2.94. The zero-order valence-corrected chi connectivity index (χ0v) is 9.02. The van der Waals surface area contributed by atoms with Crippen LogP contribution in [0.1, 0.15) is 19.3 Å². The van der Waals surface area contributed by atoms with E-state index in [1.165, 1.54) is 12.5 Å². The maximum absolute atomic E-state index is 11.5. The molecule has 0 radical (unpaired) electrons. The number of carbonyl (C=O) groups is 1. The van der Waals surface area contributed by atoms with Gasteiger partial charge in [-0.3, -0.25) is 0 Å². The highest BCUT2D eigenvalue weighted by molar-refractivity contribution is 5.82. The normalized spacial score (nSPS) is 66.1. The van der Waals surface area contributed by atoms with Crippen LogP contribution in [0.25, 0.3) is 0 Å². The Bertz CT molecular complexity index is 444. The third-order valence-corrected chi connectivity index (χ3v) is 5.89. The number of hydrogen-bond donors (Lipinski definition) is 0. The minimum atomic E-state index is -0.232. The average Bonchev–Trinajstić information content (AvgIpc) is 3.20. The Hall–Kier alpha value is -0.830. The molecule has 1 spiro atoms. The summed E-state index contributed by atoms with van der Waals surface area (Å²) in [6, 6.07) is 0. The molecule has 4 saturated carbocycles. The summed E-state index contributed by atoms with van der Waals surface area (Å²) in [7, 11) is 0. The molecule has 0 aromatic rings. The smallest absolute Gasteiger partial charge is 0.330 e. The van der Waals surface area contributed by atoms with Gasteiger partial charge in [-0.05, 0) is 31.1 Å². The van der Waals surface area contributed by atoms with Crippen LogP contribution in [-0.2, 0) is 14.3 Å². The van der Waals surface area contributed by atoms with Gasteiger partial charge in [-0.25, -0.2) is 4.79 Å². The molecular formula is C13H14O3. The van der Waals surface area contributed by atoms with Crippen molar-refractivity contribution < 1.29 is 14.3 Å². The van der Waals surface area contributed by atoms with Crippen molar-refractivity contribution in [3.63, 3.8) is 0 Å². The summed E-state index contributed by atoms with van der Waals surface area (Å²) in [6.45, 7) is 3.50. The lowest BCUT2D eigenvalue weighted by molar-refractivity contribution is -0.150. The highest BCUT2D eigenvalue weighted by atomic mass is 16.6. The summed E-state index contributed by atoms with van der Waals surface area (Å²) < 4.78 is 11.4. The molecule has 1 heterocycles. The molecule has 84 valence electrons. The molecule has 0 aromatic heterocycles. The Morgan fingerprint density at radius 2 is 2.38 bits per heavy atom. The van der Waals surface area contributed by atoms with E-state index in [-0.39, 0.29) is 11.6 Å². The van der Waals surface area contributed by atoms with Crippen LogP contribution in [0, 0.1) is 23.2 Å². The zero-order valence-electron chi connectivity index (χ0n) is 9.02. The first kappa shape index (κ1) is 8.29. The molecule has 3 heteroatoms. The van der Waals surface area contributed by atoms with Crippen LogP contribution in [-0.4, -0.2) is 23.8 Å². The molecule has 0 aromatic carbocycles. The second-order valence-corrected chi connectivity index (χ2v) is 6.22. The summed E-state index contributed by atoms with van der Waals surface area (Å²) in [4.78, 5) is 11.5. The number of rotatable bonds is 2. The maximum atomic E-state index is 11.5. The summed E-state index contributed by atoms with van der Waals surface area (Å²) in [5.41, 5.74) is 0.294. The van der Waals surface area contributed by atoms with Gasteiger partial charge in [0.2, 0.25) is 0 Å². The first-order valence-corrected chi connectivity index (χ1v) is 6.23. The van der Waals surface area contributed by atoms with Crippen molar-refractivity contribution in [3.8, 4) is 0 Å². The van der Waals surface area contributed by atoms with E-state index in [1.54, 1.807) is 0 Å². The predicted molar refractivity (Wildman–Crippen MR) is 54.4 cm³/mol. The molecule has 7 atom stereocenters. The molecule has 0 N–H and O–H groups in total. The average molecular weight is 218 g/mol. The Morgan fingerprint density at radius 3 is 3.19 bits per heavy atom. The van der Waals surface area contributed by atoms with Crippen LogP contribution in [0.3, 0.4) is 0 Å². The van der Waals surface area contributed by atoms with Crippen molar-refractivity contribution in [2.24, 2.45) is 23.2 Å². The van der Waals surface area contributed by atoms with Crippen LogP contribution in [0.4, 0.5) is 0 Å². The van der Waals surface area contributed by atoms with Gasteiger partial charge >= 0.3 is 5.97 Å². The fourth-order valence-corrected chi connectivity index (χ4v) is 5.22. The van der Waals surface area contributed by atoms with Gasteiger partial charge in [0.05, 0.1) is 12.2 Å². The van der Waals surface area contributed by atoms with Crippen molar-refractivity contribution in [1.82, 2.24) is 0 Å². The van der Waals surface area contributed by atoms with Crippen LogP contribution >= 0.6 is 0 Å². The molecule has 16 heavy (non-hydrogen) atoms. The minimum Gasteiger partial charge on any atom is -0.455 e. The predicted octanol–water partition coefficient (Wildman–Crippen LogP) is 1.28. The van der Waals surface area contributed by atoms with E-state index >= 15 is 0 Å². The molecule has 6 unspecified atom stereocenters. The number of fused-ring (bicyclic) bond motifs is 5. The van der Waals surface area contributed by atoms with Gasteiger partial charge in [0.15, 0.2) is 0 Å². The van der Waals surface area contributed by atoms with E-state index in [2.05, 4.69) is 6.58 Å². The summed E-state index contributed by atoms with van der Waals surface area (Å²) in [6.07, 6.45) is 5.82. The lowest BCUT2D eigenvalue weighted by Crippen LogP contribution is -2.32. The highest BCUT2D eigenvalue weighted by Crippen LogP contribution is 2.91. The van der Waals surface area contributed by atoms with E-state index in [0.29, 0.717) is 29.5 Å². The van der Waals surface area contributed by atoms with Gasteiger partial charge in [0.1, 0.15) is 5.60 Å². The Kier molecular flexibility index (Phi) is 1.03. The fourth-order valence-electron chi connectivity index (χ4n) is 5.22. The first-order chi connectivity index (χ1) is 7.72.